The van der Waals surface area contributed by atoms with Crippen LogP contribution in [0.25, 0.3) is 0 Å². The molecule has 0 amide bonds. The predicted octanol–water partition coefficient (Wildman–Crippen LogP) is 1.12. The Balaban J connectivity index is 2.40. The van der Waals surface area contributed by atoms with Crippen LogP contribution in [0.4, 0.5) is 0 Å². The van der Waals surface area contributed by atoms with Crippen LogP contribution in [0, 0.1) is 0 Å². The van der Waals surface area contributed by atoms with Gasteiger partial charge in [0.05, 0.1) is 0 Å². The molecule has 3 heteroatoms. The quantitative estimate of drug-likeness (QED) is 0.491. The highest BCUT2D eigenvalue weighted by Crippen LogP contribution is 2.17. The van der Waals surface area contributed by atoms with Crippen LogP contribution in [0.1, 0.15) is 13.8 Å². The van der Waals surface area contributed by atoms with Gasteiger partial charge in [0.25, 0.3) is 0 Å². The zero-order valence-electron chi connectivity index (χ0n) is 5.96. The standard InChI is InChI=1S/C7H8N2O/c1-4-3-8-7-6(4)9-5(2)10-7/h3,5H,1-2H3. The van der Waals surface area contributed by atoms with Crippen molar-refractivity contribution in [2.75, 3.05) is 0 Å². The zero-order chi connectivity index (χ0) is 7.14. The Labute approximate surface area is 59.1 Å². The van der Waals surface area contributed by atoms with Crippen molar-refractivity contribution in [1.29, 1.82) is 0 Å². The maximum atomic E-state index is 5.25. The van der Waals surface area contributed by atoms with Crippen molar-refractivity contribution in [1.82, 2.24) is 0 Å². The molecule has 0 bridgehead atoms. The third kappa shape index (κ3) is 0.602. The van der Waals surface area contributed by atoms with Crippen molar-refractivity contribution in [2.24, 2.45) is 9.98 Å². The van der Waals surface area contributed by atoms with Gasteiger partial charge in [0.1, 0.15) is 5.71 Å². The molecular formula is C7H8N2O. The van der Waals surface area contributed by atoms with E-state index >= 15 is 0 Å². The van der Waals surface area contributed by atoms with E-state index in [1.54, 1.807) is 6.20 Å². The first kappa shape index (κ1) is 5.65. The van der Waals surface area contributed by atoms with E-state index in [0.29, 0.717) is 5.90 Å². The molecule has 2 aliphatic rings. The Morgan fingerprint density at radius 3 is 3.10 bits per heavy atom. The Bertz CT molecular complexity index is 263. The minimum atomic E-state index is -0.0441. The average molecular weight is 136 g/mol. The third-order valence-corrected chi connectivity index (χ3v) is 1.54. The van der Waals surface area contributed by atoms with Crippen molar-refractivity contribution in [3.05, 3.63) is 11.8 Å². The van der Waals surface area contributed by atoms with Gasteiger partial charge < -0.3 is 4.74 Å². The summed E-state index contributed by atoms with van der Waals surface area (Å²) >= 11 is 0. The maximum Gasteiger partial charge on any atom is 0.241 e. The normalized spacial score (nSPS) is 28.6. The van der Waals surface area contributed by atoms with E-state index in [4.69, 9.17) is 4.74 Å². The monoisotopic (exact) mass is 136 g/mol. The molecule has 2 heterocycles. The Hall–Kier alpha value is -1.12. The van der Waals surface area contributed by atoms with Crippen LogP contribution in [0.3, 0.4) is 0 Å². The summed E-state index contributed by atoms with van der Waals surface area (Å²) in [6.07, 6.45) is 1.73. The predicted molar refractivity (Wildman–Crippen MR) is 39.2 cm³/mol. The van der Waals surface area contributed by atoms with Crippen LogP contribution in [0.15, 0.2) is 21.8 Å². The summed E-state index contributed by atoms with van der Waals surface area (Å²) in [4.78, 5) is 8.26. The van der Waals surface area contributed by atoms with E-state index in [0.717, 1.165) is 11.3 Å². The molecule has 0 fully saturated rings. The van der Waals surface area contributed by atoms with Crippen LogP contribution in [-0.2, 0) is 4.74 Å². The lowest BCUT2D eigenvalue weighted by Gasteiger charge is -1.97. The van der Waals surface area contributed by atoms with Crippen molar-refractivity contribution in [3.8, 4) is 0 Å². The fourth-order valence-corrected chi connectivity index (χ4v) is 1.06. The van der Waals surface area contributed by atoms with E-state index in [1.807, 2.05) is 13.8 Å². The number of ether oxygens (including phenoxy) is 1. The molecule has 0 radical (unpaired) electrons. The lowest BCUT2D eigenvalue weighted by Crippen LogP contribution is -2.08. The first-order valence-electron chi connectivity index (χ1n) is 3.27. The minimum absolute atomic E-state index is 0.0441. The highest BCUT2D eigenvalue weighted by atomic mass is 16.5. The Kier molecular flexibility index (Phi) is 0.952. The van der Waals surface area contributed by atoms with E-state index in [2.05, 4.69) is 9.98 Å². The zero-order valence-corrected chi connectivity index (χ0v) is 5.96. The summed E-state index contributed by atoms with van der Waals surface area (Å²) in [6, 6.07) is 0. The fourth-order valence-electron chi connectivity index (χ4n) is 1.06. The minimum Gasteiger partial charge on any atom is -0.450 e. The van der Waals surface area contributed by atoms with Gasteiger partial charge in [-0.25, -0.2) is 9.98 Å². The number of aliphatic imine (C=N–C) groups is 2. The molecule has 0 N–H and O–H groups in total. The lowest BCUT2D eigenvalue weighted by atomic mass is 10.2. The molecule has 0 aromatic heterocycles. The molecule has 0 aliphatic carbocycles. The highest BCUT2D eigenvalue weighted by Gasteiger charge is 2.26. The van der Waals surface area contributed by atoms with E-state index in [1.165, 1.54) is 0 Å². The second-order valence-corrected chi connectivity index (χ2v) is 2.44. The van der Waals surface area contributed by atoms with E-state index in [-0.39, 0.29) is 6.23 Å². The van der Waals surface area contributed by atoms with Crippen LogP contribution in [0.2, 0.25) is 0 Å². The van der Waals surface area contributed by atoms with E-state index < -0.39 is 0 Å². The highest BCUT2D eigenvalue weighted by molar-refractivity contribution is 6.47. The molecule has 1 atom stereocenters. The Morgan fingerprint density at radius 1 is 1.60 bits per heavy atom. The Morgan fingerprint density at radius 2 is 2.40 bits per heavy atom. The average Bonchev–Trinajstić information content (AvgIpc) is 2.35. The molecule has 0 aromatic carbocycles. The summed E-state index contributed by atoms with van der Waals surface area (Å²) in [5.74, 6) is 0.685. The summed E-state index contributed by atoms with van der Waals surface area (Å²) < 4.78 is 5.25. The van der Waals surface area contributed by atoms with Gasteiger partial charge in [-0.15, -0.1) is 0 Å². The van der Waals surface area contributed by atoms with Gasteiger partial charge in [-0.2, -0.15) is 0 Å². The van der Waals surface area contributed by atoms with Gasteiger partial charge in [-0.1, -0.05) is 0 Å². The van der Waals surface area contributed by atoms with Crippen LogP contribution in [-0.4, -0.2) is 17.8 Å². The summed E-state index contributed by atoms with van der Waals surface area (Å²) in [6.45, 7) is 3.89. The van der Waals surface area contributed by atoms with Crippen molar-refractivity contribution in [2.45, 2.75) is 20.1 Å². The van der Waals surface area contributed by atoms with Crippen molar-refractivity contribution < 1.29 is 4.74 Å². The van der Waals surface area contributed by atoms with Gasteiger partial charge in [0.15, 0.2) is 6.23 Å². The number of rotatable bonds is 0. The molecule has 0 saturated carbocycles. The second-order valence-electron chi connectivity index (χ2n) is 2.44. The molecule has 52 valence electrons. The molecule has 0 aromatic rings. The van der Waals surface area contributed by atoms with Gasteiger partial charge >= 0.3 is 0 Å². The lowest BCUT2D eigenvalue weighted by molar-refractivity contribution is 0.238. The fraction of sp³-hybridized carbons (Fsp3) is 0.429. The van der Waals surface area contributed by atoms with Gasteiger partial charge in [0.2, 0.25) is 5.90 Å². The molecule has 10 heavy (non-hydrogen) atoms. The van der Waals surface area contributed by atoms with Crippen molar-refractivity contribution >= 4 is 11.6 Å². The van der Waals surface area contributed by atoms with Crippen molar-refractivity contribution in [3.63, 3.8) is 0 Å². The number of nitrogens with zero attached hydrogens (tertiary/aromatic N) is 2. The number of hydrogen-bond acceptors (Lipinski definition) is 3. The van der Waals surface area contributed by atoms with Gasteiger partial charge in [-0.3, -0.25) is 0 Å². The summed E-state index contributed by atoms with van der Waals surface area (Å²) in [7, 11) is 0. The summed E-state index contributed by atoms with van der Waals surface area (Å²) in [5.41, 5.74) is 2.02. The molecular weight excluding hydrogens is 128 g/mol. The first-order valence-corrected chi connectivity index (χ1v) is 3.27. The van der Waals surface area contributed by atoms with Crippen LogP contribution < -0.4 is 0 Å². The third-order valence-electron chi connectivity index (χ3n) is 1.54. The summed E-state index contributed by atoms with van der Waals surface area (Å²) in [5, 5.41) is 0. The van der Waals surface area contributed by atoms with Gasteiger partial charge in [-0.05, 0) is 19.4 Å². The molecule has 2 rings (SSSR count). The number of fused-ring (bicyclic) bond motifs is 1. The smallest absolute Gasteiger partial charge is 0.241 e. The largest absolute Gasteiger partial charge is 0.450 e. The second kappa shape index (κ2) is 1.68. The topological polar surface area (TPSA) is 34.0 Å². The molecule has 2 aliphatic heterocycles. The SMILES string of the molecule is CC1=CN=C2OC(C)N=C12. The number of hydrogen-bond donors (Lipinski definition) is 0. The molecule has 3 nitrogen and oxygen atoms in total. The van der Waals surface area contributed by atoms with Crippen LogP contribution in [0.5, 0.6) is 0 Å². The first-order chi connectivity index (χ1) is 4.77. The molecule has 1 unspecified atom stereocenters. The maximum absolute atomic E-state index is 5.25. The van der Waals surface area contributed by atoms with Crippen LogP contribution >= 0.6 is 0 Å². The van der Waals surface area contributed by atoms with Gasteiger partial charge in [0, 0.05) is 6.20 Å². The van der Waals surface area contributed by atoms with E-state index in [9.17, 15) is 0 Å². The molecule has 0 saturated heterocycles. The molecule has 0 spiro atoms.